The molecule has 3 heteroatoms. The summed E-state index contributed by atoms with van der Waals surface area (Å²) in [4.78, 5) is 2.45. The summed E-state index contributed by atoms with van der Waals surface area (Å²) in [6.45, 7) is 6.15. The molecule has 1 saturated heterocycles. The predicted octanol–water partition coefficient (Wildman–Crippen LogP) is 2.86. The van der Waals surface area contributed by atoms with Gasteiger partial charge in [-0.15, -0.1) is 0 Å². The highest BCUT2D eigenvalue weighted by molar-refractivity contribution is 5.55. The van der Waals surface area contributed by atoms with Gasteiger partial charge in [0.1, 0.15) is 0 Å². The molecule has 1 aliphatic rings. The quantitative estimate of drug-likeness (QED) is 0.860. The van der Waals surface area contributed by atoms with Gasteiger partial charge in [0.05, 0.1) is 6.10 Å². The van der Waals surface area contributed by atoms with E-state index < -0.39 is 0 Å². The van der Waals surface area contributed by atoms with Gasteiger partial charge in [-0.1, -0.05) is 0 Å². The summed E-state index contributed by atoms with van der Waals surface area (Å²) in [5.74, 6) is 0. The lowest BCUT2D eigenvalue weighted by atomic mass is 10.1. The third-order valence-corrected chi connectivity index (χ3v) is 3.71. The average molecular weight is 248 g/mol. The second kappa shape index (κ2) is 6.10. The van der Waals surface area contributed by atoms with Crippen LogP contribution in [0.15, 0.2) is 24.3 Å². The van der Waals surface area contributed by atoms with Gasteiger partial charge < -0.3 is 15.3 Å². The molecule has 0 radical (unpaired) electrons. The topological polar surface area (TPSA) is 35.5 Å². The number of nitrogens with zero attached hydrogens (tertiary/aromatic N) is 1. The first-order chi connectivity index (χ1) is 8.66. The first kappa shape index (κ1) is 13.2. The Hall–Kier alpha value is -1.22. The van der Waals surface area contributed by atoms with Crippen LogP contribution in [0.25, 0.3) is 0 Å². The Balaban J connectivity index is 1.96. The highest BCUT2D eigenvalue weighted by Crippen LogP contribution is 2.22. The highest BCUT2D eigenvalue weighted by atomic mass is 16.3. The molecule has 1 aromatic rings. The number of piperidine rings is 1. The van der Waals surface area contributed by atoms with E-state index in [2.05, 4.69) is 34.5 Å². The van der Waals surface area contributed by atoms with Crippen molar-refractivity contribution in [2.24, 2.45) is 0 Å². The monoisotopic (exact) mass is 248 g/mol. The summed E-state index contributed by atoms with van der Waals surface area (Å²) in [5.41, 5.74) is 2.38. The number of rotatable bonds is 4. The first-order valence-electron chi connectivity index (χ1n) is 6.96. The van der Waals surface area contributed by atoms with Gasteiger partial charge in [-0.3, -0.25) is 0 Å². The Morgan fingerprint density at radius 3 is 2.22 bits per heavy atom. The van der Waals surface area contributed by atoms with Crippen LogP contribution in [0.3, 0.4) is 0 Å². The number of aliphatic hydroxyl groups excluding tert-OH is 1. The van der Waals surface area contributed by atoms with Crippen LogP contribution in [0.1, 0.15) is 33.1 Å². The van der Waals surface area contributed by atoms with E-state index in [1.807, 2.05) is 6.92 Å². The van der Waals surface area contributed by atoms with Crippen LogP contribution in [-0.4, -0.2) is 30.3 Å². The smallest absolute Gasteiger partial charge is 0.0710 e. The molecule has 0 aromatic heterocycles. The first-order valence-corrected chi connectivity index (χ1v) is 6.96. The third kappa shape index (κ3) is 3.39. The second-order valence-electron chi connectivity index (χ2n) is 5.27. The molecule has 2 unspecified atom stereocenters. The molecule has 1 heterocycles. The van der Waals surface area contributed by atoms with E-state index in [1.54, 1.807) is 6.92 Å². The number of hydrogen-bond donors (Lipinski definition) is 2. The molecule has 18 heavy (non-hydrogen) atoms. The predicted molar refractivity (Wildman–Crippen MR) is 77.3 cm³/mol. The Bertz CT molecular complexity index is 355. The zero-order chi connectivity index (χ0) is 13.0. The van der Waals surface area contributed by atoms with E-state index in [4.69, 9.17) is 0 Å². The van der Waals surface area contributed by atoms with E-state index in [9.17, 15) is 5.11 Å². The molecule has 1 aromatic carbocycles. The molecule has 0 amide bonds. The van der Waals surface area contributed by atoms with Crippen molar-refractivity contribution in [2.45, 2.75) is 45.3 Å². The van der Waals surface area contributed by atoms with E-state index in [0.29, 0.717) is 0 Å². The minimum atomic E-state index is -0.341. The fraction of sp³-hybridized carbons (Fsp3) is 0.600. The Morgan fingerprint density at radius 2 is 1.67 bits per heavy atom. The van der Waals surface area contributed by atoms with Crippen LogP contribution in [0.2, 0.25) is 0 Å². The maximum atomic E-state index is 9.47. The van der Waals surface area contributed by atoms with Crippen LogP contribution in [0.5, 0.6) is 0 Å². The van der Waals surface area contributed by atoms with Gasteiger partial charge >= 0.3 is 0 Å². The fourth-order valence-electron chi connectivity index (χ4n) is 2.30. The van der Waals surface area contributed by atoms with Crippen molar-refractivity contribution in [3.05, 3.63) is 24.3 Å². The Morgan fingerprint density at radius 1 is 1.06 bits per heavy atom. The summed E-state index contributed by atoms with van der Waals surface area (Å²) in [6.07, 6.45) is 3.63. The molecule has 1 aliphatic heterocycles. The van der Waals surface area contributed by atoms with Crippen molar-refractivity contribution in [3.8, 4) is 0 Å². The number of anilines is 2. The van der Waals surface area contributed by atoms with Crippen LogP contribution in [-0.2, 0) is 0 Å². The maximum absolute atomic E-state index is 9.47. The average Bonchev–Trinajstić information content (AvgIpc) is 2.40. The summed E-state index contributed by atoms with van der Waals surface area (Å²) >= 11 is 0. The summed E-state index contributed by atoms with van der Waals surface area (Å²) in [6, 6.07) is 8.61. The molecule has 2 N–H and O–H groups in total. The van der Waals surface area contributed by atoms with Crippen molar-refractivity contribution in [2.75, 3.05) is 23.3 Å². The van der Waals surface area contributed by atoms with E-state index in [1.165, 1.54) is 38.0 Å². The van der Waals surface area contributed by atoms with Gasteiger partial charge in [-0.05, 0) is 57.4 Å². The molecule has 0 spiro atoms. The second-order valence-corrected chi connectivity index (χ2v) is 5.27. The highest BCUT2D eigenvalue weighted by Gasteiger charge is 2.11. The van der Waals surface area contributed by atoms with Gasteiger partial charge in [0.2, 0.25) is 0 Å². The molecule has 0 aliphatic carbocycles. The van der Waals surface area contributed by atoms with E-state index in [-0.39, 0.29) is 12.1 Å². The van der Waals surface area contributed by atoms with Crippen LogP contribution in [0.4, 0.5) is 11.4 Å². The van der Waals surface area contributed by atoms with Crippen molar-refractivity contribution in [1.29, 1.82) is 0 Å². The van der Waals surface area contributed by atoms with Crippen LogP contribution < -0.4 is 10.2 Å². The van der Waals surface area contributed by atoms with Gasteiger partial charge in [-0.25, -0.2) is 0 Å². The zero-order valence-electron chi connectivity index (χ0n) is 11.4. The van der Waals surface area contributed by atoms with Crippen LogP contribution >= 0.6 is 0 Å². The van der Waals surface area contributed by atoms with Gasteiger partial charge in [0.15, 0.2) is 0 Å². The SMILES string of the molecule is CC(O)C(C)Nc1ccc(N2CCCCC2)cc1. The number of benzene rings is 1. The molecule has 0 saturated carbocycles. The van der Waals surface area contributed by atoms with Crippen molar-refractivity contribution in [1.82, 2.24) is 0 Å². The summed E-state index contributed by atoms with van der Waals surface area (Å²) in [7, 11) is 0. The van der Waals surface area contributed by atoms with Crippen LogP contribution in [0, 0.1) is 0 Å². The molecule has 2 rings (SSSR count). The lowest BCUT2D eigenvalue weighted by Crippen LogP contribution is -2.29. The fourth-order valence-corrected chi connectivity index (χ4v) is 2.30. The lowest BCUT2D eigenvalue weighted by molar-refractivity contribution is 0.178. The van der Waals surface area contributed by atoms with Gasteiger partial charge in [0.25, 0.3) is 0 Å². The normalized spacial score (nSPS) is 19.4. The molecule has 1 fully saturated rings. The maximum Gasteiger partial charge on any atom is 0.0710 e. The Labute approximate surface area is 110 Å². The summed E-state index contributed by atoms with van der Waals surface area (Å²) in [5, 5.41) is 12.8. The minimum Gasteiger partial charge on any atom is -0.391 e. The van der Waals surface area contributed by atoms with Crippen molar-refractivity contribution >= 4 is 11.4 Å². The Kier molecular flexibility index (Phi) is 4.48. The van der Waals surface area contributed by atoms with E-state index in [0.717, 1.165) is 5.69 Å². The molecule has 3 nitrogen and oxygen atoms in total. The van der Waals surface area contributed by atoms with Crippen molar-refractivity contribution < 1.29 is 5.11 Å². The molecule has 2 atom stereocenters. The number of hydrogen-bond acceptors (Lipinski definition) is 3. The molecule has 0 bridgehead atoms. The zero-order valence-corrected chi connectivity index (χ0v) is 11.4. The number of aliphatic hydroxyl groups is 1. The van der Waals surface area contributed by atoms with E-state index >= 15 is 0 Å². The molecule has 100 valence electrons. The number of nitrogens with one attached hydrogen (secondary N) is 1. The summed E-state index contributed by atoms with van der Waals surface area (Å²) < 4.78 is 0. The minimum absolute atomic E-state index is 0.0748. The standard InChI is InChI=1S/C15H24N2O/c1-12(13(2)18)16-14-6-8-15(9-7-14)17-10-4-3-5-11-17/h6-9,12-13,16,18H,3-5,10-11H2,1-2H3. The largest absolute Gasteiger partial charge is 0.391 e. The van der Waals surface area contributed by atoms with Gasteiger partial charge in [-0.2, -0.15) is 0 Å². The molecular weight excluding hydrogens is 224 g/mol. The van der Waals surface area contributed by atoms with Gasteiger partial charge in [0, 0.05) is 30.5 Å². The lowest BCUT2D eigenvalue weighted by Gasteiger charge is -2.29. The molecular formula is C15H24N2O. The third-order valence-electron chi connectivity index (χ3n) is 3.71. The van der Waals surface area contributed by atoms with Crippen molar-refractivity contribution in [3.63, 3.8) is 0 Å².